The molecule has 3 aliphatic heterocycles. The molecule has 0 aromatic rings. The highest BCUT2D eigenvalue weighted by Crippen LogP contribution is 2.76. The summed E-state index contributed by atoms with van der Waals surface area (Å²) < 4.78 is 48.2. The van der Waals surface area contributed by atoms with Crippen LogP contribution in [0.2, 0.25) is 0 Å². The molecule has 24 nitrogen and oxygen atoms in total. The Balaban J connectivity index is 1.12. The highest BCUT2D eigenvalue weighted by Gasteiger charge is 2.74. The zero-order valence-electron chi connectivity index (χ0n) is 46.4. The van der Waals surface area contributed by atoms with Gasteiger partial charge in [-0.25, -0.2) is 9.59 Å². The standard InChI is InChI=1S/C55H86O24/c1-10-23(2)46(71)79-43-44(72-24(3)60)55(22-59)26(17-50(43,4)5)25-11-12-30-51(6)15-14-32(52(7,21-58)29(51)13-16-53(30,8)54(25,9)18-31(55)61)75-49-41(77-48-38(67)36(65)34(63)28(20-57)74-48)39(68)40(42(78-49)45(69)70)76-47-37(66)35(64)33(62)27(19-56)73-47/h10-11,26-44,47-49,56-59,61-68H,12-22H2,1-9H3,(H,69,70)/b23-10+/t26?,27-,28-,29?,30-,31-,32+,33-,34-,35+,36+,37-,38-,39+,40+,41-,42+,43+,44+,47+,48+,49-,51+,52-,53-,54-,55+/m1/s1. The molecule has 0 bridgehead atoms. The van der Waals surface area contributed by atoms with Gasteiger partial charge in [0.15, 0.2) is 25.0 Å². The van der Waals surface area contributed by atoms with Crippen LogP contribution in [0.15, 0.2) is 23.3 Å². The summed E-state index contributed by atoms with van der Waals surface area (Å²) in [5, 5.41) is 143. The van der Waals surface area contributed by atoms with E-state index in [1.807, 2.05) is 20.8 Å². The molecule has 3 heterocycles. The predicted octanol–water partition coefficient (Wildman–Crippen LogP) is -1.32. The minimum atomic E-state index is -2.18. The van der Waals surface area contributed by atoms with Crippen LogP contribution in [0.25, 0.3) is 0 Å². The first-order valence-corrected chi connectivity index (χ1v) is 27.7. The van der Waals surface area contributed by atoms with Crippen molar-refractivity contribution in [2.24, 2.45) is 50.2 Å². The SMILES string of the molecule is C/C=C(\C)C(=O)O[C@H]1[C@H](OC(C)=O)[C@@]2(CO)C(CC1(C)C)C1=CC[C@@H]3[C@@]4(C)CC[C@H](O[C@@H]5O[C@H](C(=O)O)[C@@H](O[C@@H]6O[C@H](CO)[C@@H](O)[C@H](O)[C@H]6O)[C@H](O)[C@H]5O[C@@H]5O[C@H](CO)[C@@H](O)[C@H](O)[C@H]5O)[C@](C)(CO)C4CC[C@@]3(C)[C@]1(C)C[C@H]2O. The van der Waals surface area contributed by atoms with E-state index in [2.05, 4.69) is 26.8 Å². The number of allylic oxidation sites excluding steroid dienone is 3. The second-order valence-corrected chi connectivity index (χ2v) is 25.5. The molecule has 4 saturated carbocycles. The van der Waals surface area contributed by atoms with Gasteiger partial charge in [-0.05, 0) is 92.8 Å². The summed E-state index contributed by atoms with van der Waals surface area (Å²) in [5.74, 6) is -3.88. The zero-order valence-corrected chi connectivity index (χ0v) is 46.4. The van der Waals surface area contributed by atoms with Crippen molar-refractivity contribution in [3.63, 3.8) is 0 Å². The average Bonchev–Trinajstić information content (AvgIpc) is 3.25. The van der Waals surface area contributed by atoms with Crippen LogP contribution < -0.4 is 0 Å². The number of esters is 2. The summed E-state index contributed by atoms with van der Waals surface area (Å²) in [5.41, 5.74) is -3.78. The summed E-state index contributed by atoms with van der Waals surface area (Å²) in [6.45, 7) is 14.1. The van der Waals surface area contributed by atoms with Gasteiger partial charge in [-0.3, -0.25) is 4.79 Å². The number of hydrogen-bond donors (Lipinski definition) is 13. The monoisotopic (exact) mass is 1130 g/mol. The number of rotatable bonds is 14. The van der Waals surface area contributed by atoms with Crippen molar-refractivity contribution in [2.45, 2.75) is 224 Å². The maximum absolute atomic E-state index is 13.4. The Morgan fingerprint density at radius 3 is 1.76 bits per heavy atom. The highest BCUT2D eigenvalue weighted by atomic mass is 16.8. The van der Waals surface area contributed by atoms with Gasteiger partial charge < -0.3 is 104 Å². The number of fused-ring (bicyclic) bond motifs is 7. The molecule has 0 amide bonds. The molecule has 450 valence electrons. The van der Waals surface area contributed by atoms with E-state index in [1.165, 1.54) is 6.92 Å². The minimum absolute atomic E-state index is 0.0849. The lowest BCUT2D eigenvalue weighted by Gasteiger charge is -2.72. The van der Waals surface area contributed by atoms with E-state index in [9.17, 15) is 80.8 Å². The van der Waals surface area contributed by atoms with Gasteiger partial charge in [0.25, 0.3) is 0 Å². The Kier molecular flexibility index (Phi) is 17.8. The average molecular weight is 1130 g/mol. The fourth-order valence-electron chi connectivity index (χ4n) is 16.2. The number of aliphatic hydroxyl groups is 12. The van der Waals surface area contributed by atoms with Crippen molar-refractivity contribution in [2.75, 3.05) is 26.4 Å². The lowest BCUT2D eigenvalue weighted by Crippen LogP contribution is -2.72. The van der Waals surface area contributed by atoms with Crippen LogP contribution in [-0.4, -0.2) is 227 Å². The van der Waals surface area contributed by atoms with E-state index in [4.69, 9.17) is 37.9 Å². The summed E-state index contributed by atoms with van der Waals surface area (Å²) in [7, 11) is 0. The summed E-state index contributed by atoms with van der Waals surface area (Å²) in [6, 6.07) is 0. The first kappa shape index (κ1) is 62.2. The van der Waals surface area contributed by atoms with Crippen molar-refractivity contribution in [3.05, 3.63) is 23.3 Å². The van der Waals surface area contributed by atoms with Gasteiger partial charge in [0.1, 0.15) is 79.4 Å². The molecule has 0 aromatic carbocycles. The Morgan fingerprint density at radius 1 is 0.658 bits per heavy atom. The van der Waals surface area contributed by atoms with Gasteiger partial charge in [-0.2, -0.15) is 0 Å². The third-order valence-electron chi connectivity index (χ3n) is 21.1. The molecule has 2 unspecified atom stereocenters. The van der Waals surface area contributed by atoms with Crippen LogP contribution >= 0.6 is 0 Å². The molecule has 0 spiro atoms. The molecule has 3 saturated heterocycles. The molecule has 24 heteroatoms. The molecular formula is C55H86O24. The molecule has 8 rings (SSSR count). The predicted molar refractivity (Wildman–Crippen MR) is 269 cm³/mol. The van der Waals surface area contributed by atoms with Crippen molar-refractivity contribution in [1.82, 2.24) is 0 Å². The number of carboxylic acid groups (broad SMARTS) is 1. The van der Waals surface area contributed by atoms with E-state index >= 15 is 0 Å². The maximum atomic E-state index is 13.4. The number of carbonyl (C=O) groups is 3. The molecule has 8 aliphatic rings. The van der Waals surface area contributed by atoms with E-state index in [0.29, 0.717) is 37.7 Å². The topological polar surface area (TPSA) is 388 Å². The van der Waals surface area contributed by atoms with Crippen LogP contribution in [0.5, 0.6) is 0 Å². The third-order valence-corrected chi connectivity index (χ3v) is 21.1. The van der Waals surface area contributed by atoms with Gasteiger partial charge in [0, 0.05) is 23.3 Å². The van der Waals surface area contributed by atoms with Crippen LogP contribution in [0, 0.1) is 50.2 Å². The Morgan fingerprint density at radius 2 is 1.24 bits per heavy atom. The third kappa shape index (κ3) is 9.94. The molecule has 13 N–H and O–H groups in total. The number of aliphatic hydroxyl groups excluding tert-OH is 12. The summed E-state index contributed by atoms with van der Waals surface area (Å²) in [6.07, 6.45) is -26.5. The van der Waals surface area contributed by atoms with E-state index < -0.39 is 199 Å². The van der Waals surface area contributed by atoms with Gasteiger partial charge in [-0.1, -0.05) is 59.3 Å². The van der Waals surface area contributed by atoms with Crippen LogP contribution in [0.3, 0.4) is 0 Å². The largest absolute Gasteiger partial charge is 0.479 e. The summed E-state index contributed by atoms with van der Waals surface area (Å²) in [4.78, 5) is 39.5. The quantitative estimate of drug-likeness (QED) is 0.0415. The van der Waals surface area contributed by atoms with Crippen molar-refractivity contribution >= 4 is 17.9 Å². The minimum Gasteiger partial charge on any atom is -0.479 e. The molecule has 27 atom stereocenters. The van der Waals surface area contributed by atoms with Gasteiger partial charge in [0.05, 0.1) is 44.1 Å². The van der Waals surface area contributed by atoms with Crippen molar-refractivity contribution in [1.29, 1.82) is 0 Å². The molecule has 7 fully saturated rings. The van der Waals surface area contributed by atoms with Crippen molar-refractivity contribution in [3.8, 4) is 0 Å². The van der Waals surface area contributed by atoms with Gasteiger partial charge in [-0.15, -0.1) is 0 Å². The Bertz CT molecular complexity index is 2290. The lowest BCUT2D eigenvalue weighted by molar-refractivity contribution is -0.392. The second kappa shape index (κ2) is 22.6. The van der Waals surface area contributed by atoms with E-state index in [0.717, 1.165) is 5.57 Å². The number of ether oxygens (including phenoxy) is 8. The van der Waals surface area contributed by atoms with Gasteiger partial charge in [0.2, 0.25) is 0 Å². The van der Waals surface area contributed by atoms with Crippen LogP contribution in [-0.2, 0) is 52.3 Å². The number of aliphatic carboxylic acids is 1. The van der Waals surface area contributed by atoms with Crippen molar-refractivity contribution < 1.29 is 119 Å². The number of hydrogen-bond acceptors (Lipinski definition) is 23. The Labute approximate surface area is 459 Å². The summed E-state index contributed by atoms with van der Waals surface area (Å²) >= 11 is 0. The fraction of sp³-hybridized carbons (Fsp3) is 0.873. The van der Waals surface area contributed by atoms with E-state index in [1.54, 1.807) is 19.9 Å². The molecule has 0 radical (unpaired) electrons. The Hall–Kier alpha value is -2.83. The first-order valence-electron chi connectivity index (χ1n) is 27.7. The normalized spacial score (nSPS) is 50.6. The lowest BCUT2D eigenvalue weighted by atomic mass is 9.33. The van der Waals surface area contributed by atoms with E-state index in [-0.39, 0.29) is 24.7 Å². The molecular weight excluding hydrogens is 1040 g/mol. The zero-order chi connectivity index (χ0) is 58.4. The molecule has 79 heavy (non-hydrogen) atoms. The van der Waals surface area contributed by atoms with Crippen LogP contribution in [0.1, 0.15) is 107 Å². The van der Waals surface area contributed by atoms with Crippen LogP contribution in [0.4, 0.5) is 0 Å². The smallest absolute Gasteiger partial charge is 0.335 e. The number of carboxylic acids is 1. The first-order chi connectivity index (χ1) is 36.9. The fourth-order valence-corrected chi connectivity index (χ4v) is 16.2. The molecule has 0 aromatic heterocycles. The maximum Gasteiger partial charge on any atom is 0.335 e. The molecule has 5 aliphatic carbocycles. The highest BCUT2D eigenvalue weighted by molar-refractivity contribution is 5.87. The second-order valence-electron chi connectivity index (χ2n) is 25.5. The van der Waals surface area contributed by atoms with Gasteiger partial charge >= 0.3 is 17.9 Å². The number of carbonyl (C=O) groups excluding carboxylic acids is 2.